The Kier molecular flexibility index (Phi) is 5.52. The lowest BCUT2D eigenvalue weighted by Gasteiger charge is -2.05. The van der Waals surface area contributed by atoms with Gasteiger partial charge in [0.15, 0.2) is 16.6 Å². The Balaban J connectivity index is 2.24. The summed E-state index contributed by atoms with van der Waals surface area (Å²) in [6.07, 6.45) is 0. The van der Waals surface area contributed by atoms with Gasteiger partial charge in [0, 0.05) is 0 Å². The molecular formula is C12H13FN8O4. The quantitative estimate of drug-likeness (QED) is 0.253. The van der Waals surface area contributed by atoms with Crippen LogP contribution >= 0.6 is 0 Å². The molecule has 132 valence electrons. The SMILES string of the molecule is Cc1cc(N=C(NO)c2nonc2CNC(N)=N[N+](=O)[O-])ccc1F. The van der Waals surface area contributed by atoms with Crippen molar-refractivity contribution in [3.05, 3.63) is 51.1 Å². The number of nitrogens with one attached hydrogen (secondary N) is 2. The van der Waals surface area contributed by atoms with E-state index in [0.717, 1.165) is 0 Å². The number of nitrogens with zero attached hydrogens (tertiary/aromatic N) is 5. The first-order chi connectivity index (χ1) is 11.9. The molecule has 0 fully saturated rings. The van der Waals surface area contributed by atoms with Crippen molar-refractivity contribution in [1.82, 2.24) is 21.1 Å². The summed E-state index contributed by atoms with van der Waals surface area (Å²) in [5, 5.41) is 31.0. The number of aryl methyl sites for hydroxylation is 1. The van der Waals surface area contributed by atoms with Crippen LogP contribution in [0, 0.1) is 22.9 Å². The van der Waals surface area contributed by atoms with Crippen LogP contribution in [0.4, 0.5) is 10.1 Å². The molecule has 1 aromatic heterocycles. The minimum absolute atomic E-state index is 0.0193. The third kappa shape index (κ3) is 4.68. The summed E-state index contributed by atoms with van der Waals surface area (Å²) in [6.45, 7) is 1.43. The molecule has 0 aliphatic rings. The maximum Gasteiger partial charge on any atom is 0.266 e. The summed E-state index contributed by atoms with van der Waals surface area (Å²) in [6, 6.07) is 4.08. The second kappa shape index (κ2) is 7.78. The smallest absolute Gasteiger partial charge is 0.266 e. The molecule has 0 spiro atoms. The fourth-order valence-corrected chi connectivity index (χ4v) is 1.76. The highest BCUT2D eigenvalue weighted by Gasteiger charge is 2.17. The molecule has 1 heterocycles. The molecule has 25 heavy (non-hydrogen) atoms. The lowest BCUT2D eigenvalue weighted by atomic mass is 10.2. The number of hydrogen-bond donors (Lipinski definition) is 4. The van der Waals surface area contributed by atoms with Gasteiger partial charge in [-0.1, -0.05) is 5.16 Å². The summed E-state index contributed by atoms with van der Waals surface area (Å²) in [7, 11) is 0. The maximum atomic E-state index is 13.3. The summed E-state index contributed by atoms with van der Waals surface area (Å²) >= 11 is 0. The van der Waals surface area contributed by atoms with Gasteiger partial charge in [-0.15, -0.1) is 0 Å². The van der Waals surface area contributed by atoms with Crippen molar-refractivity contribution < 1.29 is 19.3 Å². The van der Waals surface area contributed by atoms with Crippen molar-refractivity contribution >= 4 is 17.5 Å². The summed E-state index contributed by atoms with van der Waals surface area (Å²) < 4.78 is 17.9. The van der Waals surface area contributed by atoms with E-state index in [9.17, 15) is 19.7 Å². The minimum atomic E-state index is -0.969. The first-order valence-corrected chi connectivity index (χ1v) is 6.69. The Morgan fingerprint density at radius 1 is 1.52 bits per heavy atom. The van der Waals surface area contributed by atoms with Gasteiger partial charge in [-0.3, -0.25) is 10.7 Å². The van der Waals surface area contributed by atoms with Crippen molar-refractivity contribution in [3.63, 3.8) is 0 Å². The number of hydrogen-bond acceptors (Lipinski definition) is 7. The Morgan fingerprint density at radius 2 is 2.28 bits per heavy atom. The number of hydrazone groups is 1. The number of rotatable bonds is 5. The van der Waals surface area contributed by atoms with Gasteiger partial charge in [-0.2, -0.15) is 0 Å². The van der Waals surface area contributed by atoms with Crippen LogP contribution in [0.5, 0.6) is 0 Å². The van der Waals surface area contributed by atoms with E-state index in [1.54, 1.807) is 6.92 Å². The molecule has 5 N–H and O–H groups in total. The zero-order valence-corrected chi connectivity index (χ0v) is 12.8. The normalized spacial score (nSPS) is 12.1. The van der Waals surface area contributed by atoms with Crippen molar-refractivity contribution in [2.24, 2.45) is 15.8 Å². The van der Waals surface area contributed by atoms with Crippen LogP contribution < -0.4 is 16.5 Å². The van der Waals surface area contributed by atoms with E-state index in [1.807, 2.05) is 5.48 Å². The number of aromatic nitrogens is 2. The van der Waals surface area contributed by atoms with Crippen LogP contribution in [0.1, 0.15) is 17.0 Å². The highest BCUT2D eigenvalue weighted by molar-refractivity contribution is 5.98. The van der Waals surface area contributed by atoms with Crippen LogP contribution in [0.3, 0.4) is 0 Å². The van der Waals surface area contributed by atoms with Gasteiger partial charge < -0.3 is 11.1 Å². The van der Waals surface area contributed by atoms with Crippen LogP contribution in [0.2, 0.25) is 0 Å². The fraction of sp³-hybridized carbons (Fsp3) is 0.167. The van der Waals surface area contributed by atoms with Gasteiger partial charge in [-0.05, 0) is 35.8 Å². The zero-order valence-electron chi connectivity index (χ0n) is 12.8. The molecule has 2 aromatic rings. The largest absolute Gasteiger partial charge is 0.365 e. The second-order valence-electron chi connectivity index (χ2n) is 4.64. The maximum absolute atomic E-state index is 13.3. The third-order valence-corrected chi connectivity index (χ3v) is 2.90. The third-order valence-electron chi connectivity index (χ3n) is 2.90. The topological polar surface area (TPSA) is 177 Å². The molecule has 0 amide bonds. The molecule has 0 unspecified atom stereocenters. The number of benzene rings is 1. The number of guanidine groups is 1. The average molecular weight is 352 g/mol. The van der Waals surface area contributed by atoms with Crippen LogP contribution in [0.15, 0.2) is 32.9 Å². The molecular weight excluding hydrogens is 339 g/mol. The van der Waals surface area contributed by atoms with E-state index >= 15 is 0 Å². The second-order valence-corrected chi connectivity index (χ2v) is 4.64. The molecule has 1 aromatic carbocycles. The Hall–Kier alpha value is -3.61. The number of nitrogens with two attached hydrogens (primary N) is 1. The minimum Gasteiger partial charge on any atom is -0.365 e. The van der Waals surface area contributed by atoms with Gasteiger partial charge in [-0.25, -0.2) is 24.1 Å². The molecule has 0 aliphatic heterocycles. The van der Waals surface area contributed by atoms with E-state index in [1.165, 1.54) is 18.2 Å². The Bertz CT molecular complexity index is 834. The van der Waals surface area contributed by atoms with Crippen LogP contribution in [-0.2, 0) is 6.54 Å². The average Bonchev–Trinajstić information content (AvgIpc) is 3.01. The molecule has 0 radical (unpaired) electrons. The van der Waals surface area contributed by atoms with Crippen molar-refractivity contribution in [1.29, 1.82) is 0 Å². The molecule has 13 heteroatoms. The molecule has 0 bridgehead atoms. The predicted octanol–water partition coefficient (Wildman–Crippen LogP) is 0.170. The Morgan fingerprint density at radius 3 is 2.92 bits per heavy atom. The number of aliphatic imine (C=N–C) groups is 1. The lowest BCUT2D eigenvalue weighted by molar-refractivity contribution is -0.485. The van der Waals surface area contributed by atoms with Gasteiger partial charge >= 0.3 is 0 Å². The van der Waals surface area contributed by atoms with E-state index in [0.29, 0.717) is 11.3 Å². The molecule has 0 aliphatic carbocycles. The number of nitro groups is 1. The first kappa shape index (κ1) is 17.7. The van der Waals surface area contributed by atoms with Gasteiger partial charge in [0.2, 0.25) is 0 Å². The lowest BCUT2D eigenvalue weighted by Crippen LogP contribution is -2.33. The van der Waals surface area contributed by atoms with E-state index < -0.39 is 16.8 Å². The molecule has 2 rings (SSSR count). The van der Waals surface area contributed by atoms with Gasteiger partial charge in [0.25, 0.3) is 5.96 Å². The highest BCUT2D eigenvalue weighted by Crippen LogP contribution is 2.18. The molecule has 0 saturated heterocycles. The summed E-state index contributed by atoms with van der Waals surface area (Å²) in [4.78, 5) is 14.3. The van der Waals surface area contributed by atoms with Crippen molar-refractivity contribution in [3.8, 4) is 0 Å². The van der Waals surface area contributed by atoms with Gasteiger partial charge in [0.05, 0.1) is 12.2 Å². The highest BCUT2D eigenvalue weighted by atomic mass is 19.1. The molecule has 12 nitrogen and oxygen atoms in total. The Labute approximate surface area is 139 Å². The van der Waals surface area contributed by atoms with Gasteiger partial charge in [0.1, 0.15) is 16.6 Å². The number of amidine groups is 1. The number of hydroxylamine groups is 1. The monoisotopic (exact) mass is 352 g/mol. The predicted molar refractivity (Wildman–Crippen MR) is 82.0 cm³/mol. The summed E-state index contributed by atoms with van der Waals surface area (Å²) in [5.41, 5.74) is 8.00. The van der Waals surface area contributed by atoms with Crippen LogP contribution in [0.25, 0.3) is 0 Å². The molecule has 0 saturated carbocycles. The van der Waals surface area contributed by atoms with Crippen molar-refractivity contribution in [2.75, 3.05) is 0 Å². The fourth-order valence-electron chi connectivity index (χ4n) is 1.76. The van der Waals surface area contributed by atoms with E-state index in [4.69, 9.17) is 5.73 Å². The molecule has 0 atom stereocenters. The first-order valence-electron chi connectivity index (χ1n) is 6.69. The summed E-state index contributed by atoms with van der Waals surface area (Å²) in [5.74, 6) is -0.983. The van der Waals surface area contributed by atoms with Crippen molar-refractivity contribution in [2.45, 2.75) is 13.5 Å². The van der Waals surface area contributed by atoms with Crippen LogP contribution in [-0.4, -0.2) is 32.3 Å². The standard InChI is InChI=1S/C12H13FN8O4/c1-6-4-7(2-3-8(6)13)16-11(18-22)10-9(19-25-20-10)5-15-12(14)17-21(23)24/h2-4,22H,5H2,1H3,(H,16,18)(H3,14,15,17). The van der Waals surface area contributed by atoms with E-state index in [-0.39, 0.29) is 23.8 Å². The zero-order chi connectivity index (χ0) is 18.4. The number of halogens is 1. The van der Waals surface area contributed by atoms with E-state index in [2.05, 4.69) is 30.4 Å².